The van der Waals surface area contributed by atoms with Gasteiger partial charge in [-0.2, -0.15) is 0 Å². The van der Waals surface area contributed by atoms with Crippen LogP contribution in [0.15, 0.2) is 82.0 Å². The first kappa shape index (κ1) is 39.2. The van der Waals surface area contributed by atoms with Gasteiger partial charge in [-0.1, -0.05) is 71.7 Å². The Morgan fingerprint density at radius 2 is 1.23 bits per heavy atom. The van der Waals surface area contributed by atoms with Crippen LogP contribution in [0.25, 0.3) is 0 Å². The fourth-order valence-electron chi connectivity index (χ4n) is 3.23. The highest BCUT2D eigenvalue weighted by molar-refractivity contribution is 9.10. The molecule has 4 rings (SSSR count). The molecular formula is C34H38Br2F2N4O5. The molecule has 0 saturated carbocycles. The number of nitrogens with two attached hydrogens (primary N) is 1. The first-order chi connectivity index (χ1) is 22.2. The van der Waals surface area contributed by atoms with Crippen molar-refractivity contribution >= 4 is 43.7 Å². The van der Waals surface area contributed by atoms with Crippen molar-refractivity contribution in [3.63, 3.8) is 0 Å². The summed E-state index contributed by atoms with van der Waals surface area (Å²) in [5, 5.41) is 11.5. The molecule has 0 bridgehead atoms. The number of carbonyl (C=O) groups excluding carboxylic acids is 1. The van der Waals surface area contributed by atoms with Crippen LogP contribution in [-0.2, 0) is 13.2 Å². The van der Waals surface area contributed by atoms with E-state index in [0.717, 1.165) is 12.1 Å². The Morgan fingerprint density at radius 3 is 1.57 bits per heavy atom. The zero-order valence-corrected chi connectivity index (χ0v) is 29.6. The van der Waals surface area contributed by atoms with Crippen molar-refractivity contribution in [3.05, 3.63) is 116 Å². The SMILES string of the molecule is CC(C)CN.CC(C)CNC(=O)c1ccc(COc2cc(F)cc(Br)c2)cn1.O=C(O)c1ccc(COc2cc(F)cc(Br)c2)cn1. The molecule has 0 aliphatic heterocycles. The van der Waals surface area contributed by atoms with E-state index in [9.17, 15) is 18.4 Å². The van der Waals surface area contributed by atoms with E-state index in [4.69, 9.17) is 20.3 Å². The predicted octanol–water partition coefficient (Wildman–Crippen LogP) is 7.81. The van der Waals surface area contributed by atoms with E-state index in [2.05, 4.69) is 61.0 Å². The van der Waals surface area contributed by atoms with Gasteiger partial charge in [0.2, 0.25) is 0 Å². The molecular weight excluding hydrogens is 742 g/mol. The molecule has 2 aromatic carbocycles. The van der Waals surface area contributed by atoms with E-state index < -0.39 is 11.8 Å². The summed E-state index contributed by atoms with van der Waals surface area (Å²) < 4.78 is 38.5. The maximum atomic E-state index is 13.3. The summed E-state index contributed by atoms with van der Waals surface area (Å²) in [6, 6.07) is 15.0. The van der Waals surface area contributed by atoms with Gasteiger partial charge in [0.15, 0.2) is 0 Å². The third kappa shape index (κ3) is 15.9. The van der Waals surface area contributed by atoms with Crippen molar-refractivity contribution in [2.75, 3.05) is 13.1 Å². The average molecular weight is 781 g/mol. The normalized spacial score (nSPS) is 10.4. The second-order valence-electron chi connectivity index (χ2n) is 10.9. The molecule has 47 heavy (non-hydrogen) atoms. The van der Waals surface area contributed by atoms with Crippen LogP contribution >= 0.6 is 31.9 Å². The number of pyridine rings is 2. The minimum Gasteiger partial charge on any atom is -0.489 e. The topological polar surface area (TPSA) is 137 Å². The number of nitrogens with zero attached hydrogens (tertiary/aromatic N) is 2. The quantitative estimate of drug-likeness (QED) is 0.140. The van der Waals surface area contributed by atoms with Gasteiger partial charge in [-0.15, -0.1) is 0 Å². The molecule has 0 aliphatic carbocycles. The maximum absolute atomic E-state index is 13.3. The Hall–Kier alpha value is -3.94. The molecule has 0 unspecified atom stereocenters. The molecule has 0 atom stereocenters. The molecule has 4 N–H and O–H groups in total. The van der Waals surface area contributed by atoms with Gasteiger partial charge in [0.05, 0.1) is 0 Å². The maximum Gasteiger partial charge on any atom is 0.354 e. The molecule has 4 aromatic rings. The zero-order valence-electron chi connectivity index (χ0n) is 26.5. The van der Waals surface area contributed by atoms with Crippen molar-refractivity contribution in [1.29, 1.82) is 0 Å². The second-order valence-corrected chi connectivity index (χ2v) is 12.8. The van der Waals surface area contributed by atoms with Crippen LogP contribution in [-0.4, -0.2) is 40.0 Å². The number of amides is 1. The first-order valence-electron chi connectivity index (χ1n) is 14.5. The first-order valence-corrected chi connectivity index (χ1v) is 16.1. The standard InChI is InChI=1S/C17H18BrFN2O2.C13H9BrFNO3.C4H11N/c1-11(2)8-21-17(22)16-4-3-12(9-20-16)10-23-15-6-13(18)5-14(19)7-15;14-9-3-10(15)5-11(4-9)19-7-8-1-2-12(13(17)18)16-6-8;1-4(2)3-5/h3-7,9,11H,8,10H2,1-2H3,(H,21,22);1-6H,7H2,(H,17,18);4H,3,5H2,1-2H3. The van der Waals surface area contributed by atoms with Gasteiger partial charge in [-0.05, 0) is 54.8 Å². The Morgan fingerprint density at radius 1 is 0.787 bits per heavy atom. The number of nitrogens with one attached hydrogen (secondary N) is 1. The number of benzene rings is 2. The number of halogens is 4. The average Bonchev–Trinajstić information content (AvgIpc) is 3.02. The van der Waals surface area contributed by atoms with Crippen molar-refractivity contribution in [3.8, 4) is 11.5 Å². The molecule has 1 amide bonds. The molecule has 0 radical (unpaired) electrons. The van der Waals surface area contributed by atoms with Crippen LogP contribution in [0, 0.1) is 23.5 Å². The molecule has 2 aromatic heterocycles. The number of carboxylic acid groups (broad SMARTS) is 1. The largest absolute Gasteiger partial charge is 0.489 e. The number of carbonyl (C=O) groups is 2. The molecule has 252 valence electrons. The lowest BCUT2D eigenvalue weighted by Crippen LogP contribution is -2.28. The van der Waals surface area contributed by atoms with Crippen molar-refractivity contribution in [1.82, 2.24) is 15.3 Å². The summed E-state index contributed by atoms with van der Waals surface area (Å²) >= 11 is 6.38. The highest BCUT2D eigenvalue weighted by atomic mass is 79.9. The number of ether oxygens (including phenoxy) is 2. The third-order valence-electron chi connectivity index (χ3n) is 5.73. The summed E-state index contributed by atoms with van der Waals surface area (Å²) in [5.41, 5.74) is 7.00. The van der Waals surface area contributed by atoms with Crippen LogP contribution in [0.5, 0.6) is 11.5 Å². The summed E-state index contributed by atoms with van der Waals surface area (Å²) in [6.45, 7) is 10.1. The van der Waals surface area contributed by atoms with Gasteiger partial charge in [-0.3, -0.25) is 9.78 Å². The monoisotopic (exact) mass is 778 g/mol. The Bertz CT molecular complexity index is 1530. The van der Waals surface area contributed by atoms with E-state index in [1.807, 2.05) is 13.8 Å². The van der Waals surface area contributed by atoms with Crippen LogP contribution < -0.4 is 20.5 Å². The molecule has 0 fully saturated rings. The van der Waals surface area contributed by atoms with Crippen molar-refractivity contribution in [2.45, 2.75) is 40.9 Å². The van der Waals surface area contributed by atoms with E-state index in [-0.39, 0.29) is 30.6 Å². The van der Waals surface area contributed by atoms with Gasteiger partial charge in [0, 0.05) is 51.1 Å². The molecule has 2 heterocycles. The summed E-state index contributed by atoms with van der Waals surface area (Å²) in [7, 11) is 0. The fourth-order valence-corrected chi connectivity index (χ4v) is 4.11. The van der Waals surface area contributed by atoms with Crippen LogP contribution in [0.2, 0.25) is 0 Å². The molecule has 0 aliphatic rings. The van der Waals surface area contributed by atoms with E-state index >= 15 is 0 Å². The summed E-state index contributed by atoms with van der Waals surface area (Å²) in [6.07, 6.45) is 3.00. The number of rotatable bonds is 11. The Balaban J connectivity index is 0.000000290. The highest BCUT2D eigenvalue weighted by Crippen LogP contribution is 2.22. The fraction of sp³-hybridized carbons (Fsp3) is 0.294. The van der Waals surface area contributed by atoms with E-state index in [0.29, 0.717) is 50.1 Å². The summed E-state index contributed by atoms with van der Waals surface area (Å²) in [5.74, 6) is -0.188. The number of hydrogen-bond donors (Lipinski definition) is 3. The lowest BCUT2D eigenvalue weighted by molar-refractivity contribution is 0.0690. The minimum atomic E-state index is -1.08. The predicted molar refractivity (Wildman–Crippen MR) is 183 cm³/mol. The summed E-state index contributed by atoms with van der Waals surface area (Å²) in [4.78, 5) is 30.4. The molecule has 0 saturated heterocycles. The van der Waals surface area contributed by atoms with Crippen LogP contribution in [0.3, 0.4) is 0 Å². The molecule has 9 nitrogen and oxygen atoms in total. The van der Waals surface area contributed by atoms with Gasteiger partial charge in [-0.25, -0.2) is 18.6 Å². The number of hydrogen-bond acceptors (Lipinski definition) is 7. The number of carboxylic acids is 1. The van der Waals surface area contributed by atoms with Crippen LogP contribution in [0.4, 0.5) is 8.78 Å². The minimum absolute atomic E-state index is 0.0303. The lowest BCUT2D eigenvalue weighted by Gasteiger charge is -2.09. The van der Waals surface area contributed by atoms with E-state index in [1.54, 1.807) is 36.5 Å². The van der Waals surface area contributed by atoms with Gasteiger partial charge in [0.25, 0.3) is 5.91 Å². The lowest BCUT2D eigenvalue weighted by atomic mass is 10.2. The molecule has 13 heteroatoms. The van der Waals surface area contributed by atoms with Gasteiger partial charge >= 0.3 is 5.97 Å². The Labute approximate surface area is 290 Å². The van der Waals surface area contributed by atoms with Gasteiger partial charge < -0.3 is 25.6 Å². The number of aromatic carboxylic acids is 1. The Kier molecular flexibility index (Phi) is 17.0. The highest BCUT2D eigenvalue weighted by Gasteiger charge is 2.08. The second kappa shape index (κ2) is 20.3. The van der Waals surface area contributed by atoms with Crippen LogP contribution in [0.1, 0.15) is 59.8 Å². The zero-order chi connectivity index (χ0) is 34.9. The third-order valence-corrected chi connectivity index (χ3v) is 6.64. The van der Waals surface area contributed by atoms with Crippen molar-refractivity contribution < 1.29 is 33.0 Å². The van der Waals surface area contributed by atoms with Crippen molar-refractivity contribution in [2.24, 2.45) is 17.6 Å². The smallest absolute Gasteiger partial charge is 0.354 e. The van der Waals surface area contributed by atoms with Gasteiger partial charge in [0.1, 0.15) is 47.7 Å². The number of aromatic nitrogens is 2. The molecule has 0 spiro atoms. The van der Waals surface area contributed by atoms with E-state index in [1.165, 1.54) is 36.5 Å².